The molecule has 3 heteroatoms. The fraction of sp³-hybridized carbons (Fsp3) is 0.235. The van der Waals surface area contributed by atoms with E-state index in [1.807, 2.05) is 12.1 Å². The third-order valence-electron chi connectivity index (χ3n) is 3.59. The minimum Gasteiger partial charge on any atom is -0.423 e. The van der Waals surface area contributed by atoms with Crippen molar-refractivity contribution in [2.75, 3.05) is 0 Å². The van der Waals surface area contributed by atoms with Crippen LogP contribution in [0.2, 0.25) is 0 Å². The summed E-state index contributed by atoms with van der Waals surface area (Å²) < 4.78 is 18.4. The number of halogens is 1. The average Bonchev–Trinajstić information content (AvgIpc) is 2.47. The highest BCUT2D eigenvalue weighted by atomic mass is 19.1. The van der Waals surface area contributed by atoms with Gasteiger partial charge in [0.2, 0.25) is 0 Å². The quantitative estimate of drug-likeness (QED) is 0.610. The SMILES string of the molecule is O=C(Oc1ccc2c(c1)CCCC2)c1cccc(F)c1. The standard InChI is InChI=1S/C17H15FO2/c18-15-7-3-6-14(10-15)17(19)20-16-9-8-12-4-1-2-5-13(12)11-16/h3,6-11H,1-2,4-5H2. The Kier molecular flexibility index (Phi) is 3.50. The van der Waals surface area contributed by atoms with Crippen LogP contribution >= 0.6 is 0 Å². The summed E-state index contributed by atoms with van der Waals surface area (Å²) in [5.41, 5.74) is 2.81. The fourth-order valence-corrected chi connectivity index (χ4v) is 2.55. The van der Waals surface area contributed by atoms with Gasteiger partial charge in [0, 0.05) is 0 Å². The molecule has 0 aliphatic heterocycles. The van der Waals surface area contributed by atoms with Crippen molar-refractivity contribution in [3.8, 4) is 5.75 Å². The molecule has 1 aliphatic carbocycles. The highest BCUT2D eigenvalue weighted by Gasteiger charge is 2.13. The molecule has 20 heavy (non-hydrogen) atoms. The van der Waals surface area contributed by atoms with Gasteiger partial charge in [-0.2, -0.15) is 0 Å². The van der Waals surface area contributed by atoms with E-state index in [0.29, 0.717) is 5.75 Å². The lowest BCUT2D eigenvalue weighted by molar-refractivity contribution is 0.0734. The molecule has 2 nitrogen and oxygen atoms in total. The van der Waals surface area contributed by atoms with Gasteiger partial charge in [0.05, 0.1) is 5.56 Å². The molecule has 0 bridgehead atoms. The molecule has 0 radical (unpaired) electrons. The largest absolute Gasteiger partial charge is 0.423 e. The van der Waals surface area contributed by atoms with Crippen LogP contribution in [0.25, 0.3) is 0 Å². The molecule has 0 amide bonds. The first kappa shape index (κ1) is 12.9. The molecule has 1 aliphatic rings. The van der Waals surface area contributed by atoms with E-state index in [1.54, 1.807) is 12.1 Å². The molecule has 0 spiro atoms. The monoisotopic (exact) mass is 270 g/mol. The topological polar surface area (TPSA) is 26.3 Å². The number of carbonyl (C=O) groups is 1. The predicted octanol–water partition coefficient (Wildman–Crippen LogP) is 3.92. The third-order valence-corrected chi connectivity index (χ3v) is 3.59. The number of aryl methyl sites for hydroxylation is 2. The second-order valence-electron chi connectivity index (χ2n) is 5.04. The second kappa shape index (κ2) is 5.45. The van der Waals surface area contributed by atoms with Crippen molar-refractivity contribution in [2.45, 2.75) is 25.7 Å². The Morgan fingerprint density at radius 1 is 1.00 bits per heavy atom. The number of benzene rings is 2. The van der Waals surface area contributed by atoms with Crippen molar-refractivity contribution < 1.29 is 13.9 Å². The summed E-state index contributed by atoms with van der Waals surface area (Å²) in [5, 5.41) is 0. The van der Waals surface area contributed by atoms with Crippen LogP contribution < -0.4 is 4.74 Å². The number of esters is 1. The maximum absolute atomic E-state index is 13.1. The summed E-state index contributed by atoms with van der Waals surface area (Å²) in [5.74, 6) is -0.440. The molecule has 0 fully saturated rings. The van der Waals surface area contributed by atoms with Gasteiger partial charge >= 0.3 is 5.97 Å². The van der Waals surface area contributed by atoms with Crippen molar-refractivity contribution in [1.82, 2.24) is 0 Å². The minimum atomic E-state index is -0.528. The summed E-state index contributed by atoms with van der Waals surface area (Å²) >= 11 is 0. The van der Waals surface area contributed by atoms with Gasteiger partial charge in [0.1, 0.15) is 11.6 Å². The van der Waals surface area contributed by atoms with Crippen LogP contribution in [0.3, 0.4) is 0 Å². The molecule has 0 unspecified atom stereocenters. The van der Waals surface area contributed by atoms with Gasteiger partial charge < -0.3 is 4.74 Å². The van der Waals surface area contributed by atoms with E-state index >= 15 is 0 Å². The molecule has 2 aromatic carbocycles. The zero-order chi connectivity index (χ0) is 13.9. The number of ether oxygens (including phenoxy) is 1. The van der Waals surface area contributed by atoms with Gasteiger partial charge in [0.25, 0.3) is 0 Å². The number of hydrogen-bond acceptors (Lipinski definition) is 2. The Labute approximate surface area is 117 Å². The molecule has 0 N–H and O–H groups in total. The van der Waals surface area contributed by atoms with Crippen LogP contribution in [0.4, 0.5) is 4.39 Å². The molecular weight excluding hydrogens is 255 g/mol. The Morgan fingerprint density at radius 3 is 2.60 bits per heavy atom. The lowest BCUT2D eigenvalue weighted by Crippen LogP contribution is -2.10. The van der Waals surface area contributed by atoms with Gasteiger partial charge in [0.15, 0.2) is 0 Å². The molecule has 2 aromatic rings. The van der Waals surface area contributed by atoms with Crippen molar-refractivity contribution in [3.63, 3.8) is 0 Å². The Balaban J connectivity index is 1.79. The van der Waals surface area contributed by atoms with E-state index < -0.39 is 11.8 Å². The van der Waals surface area contributed by atoms with Gasteiger partial charge in [-0.05, 0) is 67.1 Å². The van der Waals surface area contributed by atoms with E-state index in [1.165, 1.54) is 42.2 Å². The first-order valence-electron chi connectivity index (χ1n) is 6.82. The van der Waals surface area contributed by atoms with Crippen LogP contribution in [-0.4, -0.2) is 5.97 Å². The average molecular weight is 270 g/mol. The number of hydrogen-bond donors (Lipinski definition) is 0. The van der Waals surface area contributed by atoms with Crippen LogP contribution in [-0.2, 0) is 12.8 Å². The molecule has 3 rings (SSSR count). The fourth-order valence-electron chi connectivity index (χ4n) is 2.55. The van der Waals surface area contributed by atoms with E-state index in [9.17, 15) is 9.18 Å². The number of fused-ring (bicyclic) bond motifs is 1. The smallest absolute Gasteiger partial charge is 0.343 e. The molecule has 0 saturated carbocycles. The number of rotatable bonds is 2. The lowest BCUT2D eigenvalue weighted by atomic mass is 9.92. The molecular formula is C17H15FO2. The Bertz CT molecular complexity index is 649. The predicted molar refractivity (Wildman–Crippen MR) is 74.4 cm³/mol. The van der Waals surface area contributed by atoms with E-state index in [0.717, 1.165) is 12.8 Å². The van der Waals surface area contributed by atoms with Crippen molar-refractivity contribution in [1.29, 1.82) is 0 Å². The zero-order valence-corrected chi connectivity index (χ0v) is 11.1. The van der Waals surface area contributed by atoms with E-state index in [2.05, 4.69) is 0 Å². The van der Waals surface area contributed by atoms with Gasteiger partial charge in [-0.3, -0.25) is 0 Å². The van der Waals surface area contributed by atoms with Crippen molar-refractivity contribution in [2.24, 2.45) is 0 Å². The maximum atomic E-state index is 13.1. The van der Waals surface area contributed by atoms with Crippen LogP contribution in [0.5, 0.6) is 5.75 Å². The summed E-state index contributed by atoms with van der Waals surface area (Å²) in [6, 6.07) is 11.3. The highest BCUT2D eigenvalue weighted by molar-refractivity contribution is 5.91. The summed E-state index contributed by atoms with van der Waals surface area (Å²) in [4.78, 5) is 11.9. The number of carbonyl (C=O) groups excluding carboxylic acids is 1. The van der Waals surface area contributed by atoms with E-state index in [-0.39, 0.29) is 5.56 Å². The highest BCUT2D eigenvalue weighted by Crippen LogP contribution is 2.25. The summed E-state index contributed by atoms with van der Waals surface area (Å²) in [6.07, 6.45) is 4.51. The molecule has 102 valence electrons. The van der Waals surface area contributed by atoms with Crippen molar-refractivity contribution >= 4 is 5.97 Å². The molecule has 0 saturated heterocycles. The summed E-state index contributed by atoms with van der Waals surface area (Å²) in [6.45, 7) is 0. The minimum absolute atomic E-state index is 0.225. The Morgan fingerprint density at radius 2 is 1.80 bits per heavy atom. The van der Waals surface area contributed by atoms with E-state index in [4.69, 9.17) is 4.74 Å². The lowest BCUT2D eigenvalue weighted by Gasteiger charge is -2.16. The first-order chi connectivity index (χ1) is 9.72. The van der Waals surface area contributed by atoms with Gasteiger partial charge in [-0.1, -0.05) is 12.1 Å². The zero-order valence-electron chi connectivity index (χ0n) is 11.1. The Hall–Kier alpha value is -2.16. The maximum Gasteiger partial charge on any atom is 0.343 e. The first-order valence-corrected chi connectivity index (χ1v) is 6.82. The molecule has 0 heterocycles. The van der Waals surface area contributed by atoms with Crippen molar-refractivity contribution in [3.05, 3.63) is 65.0 Å². The normalized spacial score (nSPS) is 13.7. The molecule has 0 atom stereocenters. The third kappa shape index (κ3) is 2.72. The van der Waals surface area contributed by atoms with Crippen LogP contribution in [0, 0.1) is 5.82 Å². The molecule has 0 aromatic heterocycles. The van der Waals surface area contributed by atoms with Gasteiger partial charge in [-0.15, -0.1) is 0 Å². The van der Waals surface area contributed by atoms with Crippen LogP contribution in [0.1, 0.15) is 34.3 Å². The summed E-state index contributed by atoms with van der Waals surface area (Å²) in [7, 11) is 0. The van der Waals surface area contributed by atoms with Gasteiger partial charge in [-0.25, -0.2) is 9.18 Å². The van der Waals surface area contributed by atoms with Crippen LogP contribution in [0.15, 0.2) is 42.5 Å². The second-order valence-corrected chi connectivity index (χ2v) is 5.04.